The number of allylic oxidation sites excluding steroid dienone is 1. The Hall–Kier alpha value is -5.28. The van der Waals surface area contributed by atoms with Gasteiger partial charge in [-0.2, -0.15) is 0 Å². The highest BCUT2D eigenvalue weighted by atomic mass is 31.2. The van der Waals surface area contributed by atoms with Gasteiger partial charge in [0.05, 0.1) is 0 Å². The van der Waals surface area contributed by atoms with Gasteiger partial charge in [0.2, 0.25) is 0 Å². The number of hydrogen-bond acceptors (Lipinski definition) is 1. The lowest BCUT2D eigenvalue weighted by atomic mass is 9.97. The van der Waals surface area contributed by atoms with E-state index in [9.17, 15) is 0 Å². The Morgan fingerprint density at radius 3 is 2.10 bits per heavy atom. The lowest BCUT2D eigenvalue weighted by Crippen LogP contribution is -2.27. The van der Waals surface area contributed by atoms with E-state index in [0.717, 1.165) is 22.3 Å². The van der Waals surface area contributed by atoms with Gasteiger partial charge in [0, 0.05) is 15.9 Å². The molecule has 51 heavy (non-hydrogen) atoms. The van der Waals surface area contributed by atoms with Crippen LogP contribution in [0.15, 0.2) is 170 Å². The van der Waals surface area contributed by atoms with Crippen LogP contribution in [0.4, 0.5) is 0 Å². The van der Waals surface area contributed by atoms with Crippen molar-refractivity contribution in [3.63, 3.8) is 0 Å². The molecular weight excluding hydrogens is 654 g/mol. The monoisotopic (exact) mass is 690 g/mol. The molecule has 0 fully saturated rings. The Labute approximate surface area is 301 Å². The second kappa shape index (κ2) is 13.1. The van der Waals surface area contributed by atoms with Gasteiger partial charge in [0.1, 0.15) is 0 Å². The minimum absolute atomic E-state index is 0.400. The minimum Gasteiger partial charge on any atom is -0.309 e. The molecule has 0 spiro atoms. The van der Waals surface area contributed by atoms with Crippen LogP contribution in [0, 0.1) is 0 Å². The first-order valence-corrected chi connectivity index (χ1v) is 20.6. The smallest absolute Gasteiger partial charge is 0.171 e. The summed E-state index contributed by atoms with van der Waals surface area (Å²) in [6.07, 6.45) is 9.56. The van der Waals surface area contributed by atoms with Gasteiger partial charge in [0.25, 0.3) is 0 Å². The Kier molecular flexibility index (Phi) is 8.15. The van der Waals surface area contributed by atoms with Crippen LogP contribution in [-0.4, -0.2) is 0 Å². The van der Waals surface area contributed by atoms with E-state index in [1.165, 1.54) is 60.1 Å². The van der Waals surface area contributed by atoms with E-state index in [1.54, 1.807) is 0 Å². The van der Waals surface area contributed by atoms with Crippen LogP contribution in [-0.2, 0) is 11.0 Å². The summed E-state index contributed by atoms with van der Waals surface area (Å²) in [5, 5.41) is 9.03. The third-order valence-corrected chi connectivity index (χ3v) is 16.0. The van der Waals surface area contributed by atoms with Crippen LogP contribution in [0.1, 0.15) is 46.2 Å². The van der Waals surface area contributed by atoms with Crippen molar-refractivity contribution in [1.29, 1.82) is 0 Å². The molecule has 1 nitrogen and oxygen atoms in total. The van der Waals surface area contributed by atoms with Crippen LogP contribution < -0.4 is 31.8 Å². The second-order valence-corrected chi connectivity index (χ2v) is 18.4. The molecule has 2 aliphatic carbocycles. The molecule has 0 heterocycles. The molecule has 3 atom stereocenters. The Bertz CT molecular complexity index is 2570. The van der Waals surface area contributed by atoms with Gasteiger partial charge in [0.15, 0.2) is 7.14 Å². The number of fused-ring (bicyclic) bond motifs is 3. The fourth-order valence-electron chi connectivity index (χ4n) is 7.74. The first-order chi connectivity index (χ1) is 25.1. The topological polar surface area (TPSA) is 17.1 Å². The molecule has 0 saturated carbocycles. The largest absolute Gasteiger partial charge is 0.309 e. The number of rotatable bonds is 8. The summed E-state index contributed by atoms with van der Waals surface area (Å²) in [5.74, 6) is 0.400. The van der Waals surface area contributed by atoms with Gasteiger partial charge in [-0.15, -0.1) is 5.73 Å². The van der Waals surface area contributed by atoms with Crippen molar-refractivity contribution < 1.29 is 4.57 Å². The first-order valence-electron chi connectivity index (χ1n) is 17.6. The van der Waals surface area contributed by atoms with Crippen molar-refractivity contribution in [3.8, 4) is 0 Å². The normalized spacial score (nSPS) is 15.8. The maximum Gasteiger partial charge on any atom is 0.171 e. The maximum absolute atomic E-state index is 15.6. The summed E-state index contributed by atoms with van der Waals surface area (Å²) in [6.45, 7) is 2.27. The van der Waals surface area contributed by atoms with Crippen molar-refractivity contribution in [2.75, 3.05) is 0 Å². The van der Waals surface area contributed by atoms with Crippen molar-refractivity contribution in [3.05, 3.63) is 203 Å². The quantitative estimate of drug-likeness (QED) is 0.115. The molecule has 0 aliphatic heterocycles. The Morgan fingerprint density at radius 1 is 0.608 bits per heavy atom. The van der Waals surface area contributed by atoms with E-state index in [4.69, 9.17) is 0 Å². The molecule has 0 N–H and O–H groups in total. The summed E-state index contributed by atoms with van der Waals surface area (Å²) in [4.78, 5) is 0. The molecule has 2 aliphatic rings. The molecule has 7 aromatic carbocycles. The van der Waals surface area contributed by atoms with Crippen molar-refractivity contribution in [1.82, 2.24) is 0 Å². The zero-order valence-corrected chi connectivity index (χ0v) is 30.2. The van der Waals surface area contributed by atoms with Crippen LogP contribution >= 0.6 is 15.1 Å². The van der Waals surface area contributed by atoms with Gasteiger partial charge in [-0.05, 0) is 92.5 Å². The van der Waals surface area contributed by atoms with Crippen LogP contribution in [0.2, 0.25) is 0 Å². The molecule has 9 rings (SSSR count). The highest BCUT2D eigenvalue weighted by Crippen LogP contribution is 2.44. The van der Waals surface area contributed by atoms with E-state index in [2.05, 4.69) is 158 Å². The summed E-state index contributed by atoms with van der Waals surface area (Å²) < 4.78 is 15.6. The van der Waals surface area contributed by atoms with Crippen LogP contribution in [0.3, 0.4) is 0 Å². The Balaban J connectivity index is 1.13. The lowest BCUT2D eigenvalue weighted by molar-refractivity contribution is 0.592. The van der Waals surface area contributed by atoms with Crippen molar-refractivity contribution >= 4 is 75.9 Å². The lowest BCUT2D eigenvalue weighted by Gasteiger charge is -2.25. The number of benzene rings is 7. The SMILES string of the molecule is CC1C=Cc2c1cccc2P(c1ccc(P(=O)(c2ccccc2)c2ccc(Cc3cccc4c3C=C=C4)cc2)cc1)c1cccc2ccccc12. The zero-order valence-electron chi connectivity index (χ0n) is 28.4. The predicted octanol–water partition coefficient (Wildman–Crippen LogP) is 9.60. The number of hydrogen-bond donors (Lipinski definition) is 0. The fourth-order valence-corrected chi connectivity index (χ4v) is 13.0. The molecule has 7 aromatic rings. The van der Waals surface area contributed by atoms with E-state index < -0.39 is 15.1 Å². The van der Waals surface area contributed by atoms with E-state index >= 15 is 4.57 Å². The van der Waals surface area contributed by atoms with E-state index in [-0.39, 0.29) is 0 Å². The van der Waals surface area contributed by atoms with Gasteiger partial charge >= 0.3 is 0 Å². The molecule has 0 bridgehead atoms. The summed E-state index contributed by atoms with van der Waals surface area (Å²) in [7, 11) is -4.08. The summed E-state index contributed by atoms with van der Waals surface area (Å²) in [5.41, 5.74) is 10.9. The standard InChI is InChI=1S/C48H36OP2/c1-34-23-32-46-43(34)19-10-22-48(46)50(47-21-9-14-37-11-5-6-18-45(37)47)39-26-30-42(31-27-39)51(49,40-16-3-2-4-17-40)41-28-24-35(25-29-41)33-38-15-7-12-36-13-8-20-44(36)38/h2-7,9-32,34H,33H2,1H3. The average molecular weight is 691 g/mol. The molecule has 0 radical (unpaired) electrons. The zero-order chi connectivity index (χ0) is 34.4. The van der Waals surface area contributed by atoms with Crippen molar-refractivity contribution in [2.45, 2.75) is 19.3 Å². The van der Waals surface area contributed by atoms with Gasteiger partial charge in [-0.1, -0.05) is 177 Å². The molecule has 3 heteroatoms. The Morgan fingerprint density at radius 2 is 1.27 bits per heavy atom. The fraction of sp³-hybridized carbons (Fsp3) is 0.0625. The molecule has 244 valence electrons. The van der Waals surface area contributed by atoms with Crippen LogP contribution in [0.5, 0.6) is 0 Å². The minimum atomic E-state index is -3.17. The second-order valence-electron chi connectivity index (χ2n) is 13.4. The average Bonchev–Trinajstić information content (AvgIpc) is 3.83. The van der Waals surface area contributed by atoms with Crippen LogP contribution in [0.25, 0.3) is 29.0 Å². The van der Waals surface area contributed by atoms with E-state index in [0.29, 0.717) is 5.92 Å². The van der Waals surface area contributed by atoms with Gasteiger partial charge in [-0.3, -0.25) is 0 Å². The van der Waals surface area contributed by atoms with Gasteiger partial charge in [-0.25, -0.2) is 0 Å². The maximum atomic E-state index is 15.6. The highest BCUT2D eigenvalue weighted by Gasteiger charge is 2.31. The highest BCUT2D eigenvalue weighted by molar-refractivity contribution is 7.85. The third kappa shape index (κ3) is 5.60. The molecule has 0 amide bonds. The molecule has 0 aromatic heterocycles. The summed E-state index contributed by atoms with van der Waals surface area (Å²) >= 11 is 0. The third-order valence-electron chi connectivity index (χ3n) is 10.4. The van der Waals surface area contributed by atoms with Crippen molar-refractivity contribution in [2.24, 2.45) is 0 Å². The van der Waals surface area contributed by atoms with E-state index in [1.807, 2.05) is 36.4 Å². The molecule has 0 saturated heterocycles. The summed E-state index contributed by atoms with van der Waals surface area (Å²) in [6, 6.07) is 55.9. The van der Waals surface area contributed by atoms with Gasteiger partial charge < -0.3 is 4.57 Å². The molecular formula is C48H36OP2. The molecule has 3 unspecified atom stereocenters. The first kappa shape index (κ1) is 31.7. The predicted molar refractivity (Wildman–Crippen MR) is 221 cm³/mol.